The van der Waals surface area contributed by atoms with Crippen molar-refractivity contribution in [3.8, 4) is 0 Å². The van der Waals surface area contributed by atoms with Gasteiger partial charge in [0, 0.05) is 49.9 Å². The first-order valence-electron chi connectivity index (χ1n) is 12.8. The van der Waals surface area contributed by atoms with Crippen molar-refractivity contribution < 1.29 is 9.72 Å². The summed E-state index contributed by atoms with van der Waals surface area (Å²) in [6, 6.07) is 5.70. The van der Waals surface area contributed by atoms with Crippen LogP contribution in [0, 0.1) is 39.2 Å². The number of hydrogen-bond donors (Lipinski definition) is 1. The summed E-state index contributed by atoms with van der Waals surface area (Å²) in [5, 5.41) is 15.5. The number of rotatable bonds is 6. The molecule has 0 spiro atoms. The molecule has 7 heteroatoms. The number of nitro benzene ring substituents is 1. The van der Waals surface area contributed by atoms with Crippen LogP contribution in [0.1, 0.15) is 59.3 Å². The van der Waals surface area contributed by atoms with Crippen LogP contribution in [0.5, 0.6) is 0 Å². The van der Waals surface area contributed by atoms with Gasteiger partial charge in [0.25, 0.3) is 5.69 Å². The van der Waals surface area contributed by atoms with Crippen LogP contribution in [-0.4, -0.2) is 48.0 Å². The topological polar surface area (TPSA) is 78.7 Å². The van der Waals surface area contributed by atoms with Gasteiger partial charge in [-0.25, -0.2) is 0 Å². The van der Waals surface area contributed by atoms with E-state index in [4.69, 9.17) is 0 Å². The van der Waals surface area contributed by atoms with Gasteiger partial charge in [-0.2, -0.15) is 0 Å². The highest BCUT2D eigenvalue weighted by Gasteiger charge is 2.53. The summed E-state index contributed by atoms with van der Waals surface area (Å²) >= 11 is 0. The fraction of sp³-hybridized carbons (Fsp3) is 0.731. The SMILES string of the molecule is CC(C)C(=O)N1CCN(c2ccc([N+](=O)[O-])c(NC(C)C34CC5CC(CC(C5)C3)C4)c2)CC1. The average Bonchev–Trinajstić information content (AvgIpc) is 2.77. The fourth-order valence-electron chi connectivity index (χ4n) is 7.64. The van der Waals surface area contributed by atoms with Crippen molar-refractivity contribution >= 4 is 23.0 Å². The first kappa shape index (κ1) is 22.5. The van der Waals surface area contributed by atoms with E-state index in [0.29, 0.717) is 18.8 Å². The van der Waals surface area contributed by atoms with Crippen LogP contribution in [0.25, 0.3) is 0 Å². The molecule has 0 aromatic heterocycles. The first-order valence-corrected chi connectivity index (χ1v) is 12.8. The summed E-state index contributed by atoms with van der Waals surface area (Å²) in [5.74, 6) is 2.77. The maximum absolute atomic E-state index is 12.3. The van der Waals surface area contributed by atoms with Gasteiger partial charge in [-0.05, 0) is 80.8 Å². The van der Waals surface area contributed by atoms with Gasteiger partial charge in [0.15, 0.2) is 0 Å². The number of carbonyl (C=O) groups is 1. The van der Waals surface area contributed by atoms with Gasteiger partial charge >= 0.3 is 0 Å². The summed E-state index contributed by atoms with van der Waals surface area (Å²) in [6.45, 7) is 9.02. The molecule has 33 heavy (non-hydrogen) atoms. The Morgan fingerprint density at radius 1 is 1.03 bits per heavy atom. The molecule has 4 bridgehead atoms. The van der Waals surface area contributed by atoms with Crippen LogP contribution < -0.4 is 10.2 Å². The second kappa shape index (κ2) is 8.48. The molecular formula is C26H38N4O3. The molecule has 1 heterocycles. The van der Waals surface area contributed by atoms with Crippen LogP contribution in [-0.2, 0) is 4.79 Å². The second-order valence-corrected chi connectivity index (χ2v) is 11.6. The van der Waals surface area contributed by atoms with Crippen LogP contribution in [0.15, 0.2) is 18.2 Å². The van der Waals surface area contributed by atoms with Crippen LogP contribution >= 0.6 is 0 Å². The third kappa shape index (κ3) is 4.19. The number of hydrogen-bond acceptors (Lipinski definition) is 5. The Hall–Kier alpha value is -2.31. The average molecular weight is 455 g/mol. The molecule has 1 atom stereocenters. The molecule has 1 amide bonds. The lowest BCUT2D eigenvalue weighted by molar-refractivity contribution is -0.384. The number of anilines is 2. The standard InChI is InChI=1S/C26H38N4O3/c1-17(2)25(31)29-8-6-28(7-9-29)22-4-5-24(30(32)33)23(13-22)27-18(3)26-14-19-10-20(15-26)12-21(11-19)16-26/h4-5,13,17-21,27H,6-12,14-16H2,1-3H3. The fourth-order valence-corrected chi connectivity index (χ4v) is 7.64. The van der Waals surface area contributed by atoms with Gasteiger partial charge in [-0.3, -0.25) is 14.9 Å². The number of carbonyl (C=O) groups excluding carboxylic acids is 1. The molecule has 1 aromatic rings. The minimum Gasteiger partial charge on any atom is -0.376 e. The Morgan fingerprint density at radius 3 is 2.12 bits per heavy atom. The third-order valence-electron chi connectivity index (χ3n) is 9.00. The molecule has 1 aromatic carbocycles. The van der Waals surface area contributed by atoms with Gasteiger partial charge in [0.05, 0.1) is 4.92 Å². The summed E-state index contributed by atoms with van der Waals surface area (Å²) in [7, 11) is 0. The molecule has 6 rings (SSSR count). The monoisotopic (exact) mass is 454 g/mol. The Balaban J connectivity index is 1.33. The molecule has 1 N–H and O–H groups in total. The minimum absolute atomic E-state index is 0.0119. The molecule has 5 fully saturated rings. The van der Waals surface area contributed by atoms with Gasteiger partial charge in [0.1, 0.15) is 5.69 Å². The van der Waals surface area contributed by atoms with Crippen molar-refractivity contribution in [2.45, 2.75) is 65.3 Å². The van der Waals surface area contributed by atoms with E-state index in [0.717, 1.165) is 36.5 Å². The number of benzene rings is 1. The van der Waals surface area contributed by atoms with E-state index in [-0.39, 0.29) is 33.9 Å². The molecule has 4 aliphatic carbocycles. The number of piperazine rings is 1. The Bertz CT molecular complexity index is 887. The van der Waals surface area contributed by atoms with E-state index in [2.05, 4.69) is 17.1 Å². The molecule has 180 valence electrons. The highest BCUT2D eigenvalue weighted by Crippen LogP contribution is 2.61. The normalized spacial score (nSPS) is 31.7. The zero-order valence-corrected chi connectivity index (χ0v) is 20.3. The van der Waals surface area contributed by atoms with Gasteiger partial charge < -0.3 is 15.1 Å². The summed E-state index contributed by atoms with van der Waals surface area (Å²) in [6.07, 6.45) is 8.00. The Kier molecular flexibility index (Phi) is 5.78. The zero-order chi connectivity index (χ0) is 23.3. The molecule has 7 nitrogen and oxygen atoms in total. The first-order chi connectivity index (χ1) is 15.7. The largest absolute Gasteiger partial charge is 0.376 e. The molecule has 1 saturated heterocycles. The molecule has 4 saturated carbocycles. The summed E-state index contributed by atoms with van der Waals surface area (Å²) in [4.78, 5) is 28.1. The van der Waals surface area contributed by atoms with Crippen LogP contribution in [0.2, 0.25) is 0 Å². The predicted molar refractivity (Wildman–Crippen MR) is 130 cm³/mol. The highest BCUT2D eigenvalue weighted by atomic mass is 16.6. The smallest absolute Gasteiger partial charge is 0.292 e. The summed E-state index contributed by atoms with van der Waals surface area (Å²) in [5.41, 5.74) is 2.07. The summed E-state index contributed by atoms with van der Waals surface area (Å²) < 4.78 is 0. The molecule has 1 aliphatic heterocycles. The zero-order valence-electron chi connectivity index (χ0n) is 20.3. The third-order valence-corrected chi connectivity index (χ3v) is 9.00. The van der Waals surface area contributed by atoms with E-state index in [1.807, 2.05) is 30.9 Å². The van der Waals surface area contributed by atoms with Crippen molar-refractivity contribution in [1.82, 2.24) is 4.90 Å². The van der Waals surface area contributed by atoms with Crippen molar-refractivity contribution in [1.29, 1.82) is 0 Å². The van der Waals surface area contributed by atoms with Crippen molar-refractivity contribution in [2.75, 3.05) is 36.4 Å². The Labute approximate surface area is 197 Å². The van der Waals surface area contributed by atoms with E-state index in [9.17, 15) is 14.9 Å². The van der Waals surface area contributed by atoms with Crippen molar-refractivity contribution in [3.05, 3.63) is 28.3 Å². The van der Waals surface area contributed by atoms with Crippen molar-refractivity contribution in [2.24, 2.45) is 29.1 Å². The van der Waals surface area contributed by atoms with E-state index in [1.165, 1.54) is 38.5 Å². The van der Waals surface area contributed by atoms with E-state index >= 15 is 0 Å². The second-order valence-electron chi connectivity index (χ2n) is 11.6. The molecule has 1 unspecified atom stereocenters. The van der Waals surface area contributed by atoms with Crippen LogP contribution in [0.3, 0.4) is 0 Å². The maximum Gasteiger partial charge on any atom is 0.292 e. The number of nitro groups is 1. The highest BCUT2D eigenvalue weighted by molar-refractivity contribution is 5.78. The minimum atomic E-state index is -0.266. The Morgan fingerprint density at radius 2 is 1.61 bits per heavy atom. The van der Waals surface area contributed by atoms with Gasteiger partial charge in [-0.1, -0.05) is 13.8 Å². The number of nitrogens with one attached hydrogen (secondary N) is 1. The quantitative estimate of drug-likeness (QED) is 0.488. The lowest BCUT2D eigenvalue weighted by Gasteiger charge is -2.59. The van der Waals surface area contributed by atoms with E-state index < -0.39 is 0 Å². The molecule has 5 aliphatic rings. The number of amides is 1. The molecule has 0 radical (unpaired) electrons. The molecular weight excluding hydrogens is 416 g/mol. The predicted octanol–water partition coefficient (Wildman–Crippen LogP) is 4.92. The van der Waals surface area contributed by atoms with Gasteiger partial charge in [0.2, 0.25) is 5.91 Å². The van der Waals surface area contributed by atoms with Crippen molar-refractivity contribution in [3.63, 3.8) is 0 Å². The van der Waals surface area contributed by atoms with E-state index in [1.54, 1.807) is 6.07 Å². The lowest BCUT2D eigenvalue weighted by Crippen LogP contribution is -2.53. The maximum atomic E-state index is 12.3. The van der Waals surface area contributed by atoms with Crippen LogP contribution in [0.4, 0.5) is 17.1 Å². The lowest BCUT2D eigenvalue weighted by atomic mass is 9.48. The number of nitrogens with zero attached hydrogens (tertiary/aromatic N) is 3. The van der Waals surface area contributed by atoms with Gasteiger partial charge in [-0.15, -0.1) is 0 Å².